The number of aromatic nitrogens is 1. The van der Waals surface area contributed by atoms with Crippen molar-refractivity contribution in [2.75, 3.05) is 0 Å². The highest BCUT2D eigenvalue weighted by molar-refractivity contribution is 5.94. The van der Waals surface area contributed by atoms with Crippen molar-refractivity contribution < 1.29 is 19.5 Å². The van der Waals surface area contributed by atoms with Crippen LogP contribution in [0.5, 0.6) is 0 Å². The molecule has 0 bridgehead atoms. The van der Waals surface area contributed by atoms with E-state index >= 15 is 0 Å². The summed E-state index contributed by atoms with van der Waals surface area (Å²) in [5.41, 5.74) is 1.67. The Balaban J connectivity index is 2.35. The van der Waals surface area contributed by atoms with Crippen molar-refractivity contribution in [2.24, 2.45) is 5.92 Å². The first-order valence-electron chi connectivity index (χ1n) is 6.58. The second-order valence-corrected chi connectivity index (χ2v) is 4.91. The average molecular weight is 293 g/mol. The number of carbonyl (C=O) groups excluding carboxylic acids is 2. The molecule has 1 rings (SSSR count). The molecular formula is C14H19N3O4. The number of pyridine rings is 1. The average Bonchev–Trinajstić information content (AvgIpc) is 2.36. The predicted molar refractivity (Wildman–Crippen MR) is 75.4 cm³/mol. The van der Waals surface area contributed by atoms with Gasteiger partial charge in [-0.05, 0) is 24.5 Å². The van der Waals surface area contributed by atoms with Gasteiger partial charge in [-0.25, -0.2) is 4.79 Å². The van der Waals surface area contributed by atoms with Crippen molar-refractivity contribution in [3.63, 3.8) is 0 Å². The quantitative estimate of drug-likeness (QED) is 0.730. The van der Waals surface area contributed by atoms with Crippen molar-refractivity contribution in [3.05, 3.63) is 29.6 Å². The monoisotopic (exact) mass is 293 g/mol. The van der Waals surface area contributed by atoms with Gasteiger partial charge in [0.05, 0.1) is 12.2 Å². The number of carboxylic acid groups (broad SMARTS) is 1. The number of carboxylic acids is 1. The highest BCUT2D eigenvalue weighted by Crippen LogP contribution is 2.06. The number of imide groups is 1. The Morgan fingerprint density at radius 1 is 1.33 bits per heavy atom. The number of aliphatic carboxylic acids is 1. The topological polar surface area (TPSA) is 108 Å². The van der Waals surface area contributed by atoms with Crippen LogP contribution < -0.4 is 10.6 Å². The molecule has 0 radical (unpaired) electrons. The van der Waals surface area contributed by atoms with Gasteiger partial charge >= 0.3 is 12.0 Å². The standard InChI is InChI=1S/C14H19N3O4/c1-9(7-13(19)20)6-12(18)17-14(21)16-8-11-10(2)4-3-5-15-11/h3-5,9H,6-8H2,1-2H3,(H,19,20)(H2,16,17,18,21). The number of nitrogens with one attached hydrogen (secondary N) is 2. The molecule has 0 aliphatic rings. The van der Waals surface area contributed by atoms with Crippen LogP contribution in [0.2, 0.25) is 0 Å². The molecule has 3 amide bonds. The predicted octanol–water partition coefficient (Wildman–Crippen LogP) is 1.22. The minimum atomic E-state index is -0.967. The first-order valence-corrected chi connectivity index (χ1v) is 6.58. The number of aryl methyl sites for hydroxylation is 1. The van der Waals surface area contributed by atoms with Crippen LogP contribution in [-0.2, 0) is 16.1 Å². The zero-order valence-corrected chi connectivity index (χ0v) is 12.0. The largest absolute Gasteiger partial charge is 0.481 e. The van der Waals surface area contributed by atoms with E-state index in [1.165, 1.54) is 0 Å². The molecule has 7 nitrogen and oxygen atoms in total. The molecule has 1 aromatic rings. The molecule has 0 aliphatic carbocycles. The number of urea groups is 1. The second kappa shape index (κ2) is 7.98. The van der Waals surface area contributed by atoms with Crippen molar-refractivity contribution in [2.45, 2.75) is 33.2 Å². The molecule has 1 heterocycles. The van der Waals surface area contributed by atoms with Crippen LogP contribution >= 0.6 is 0 Å². The number of carbonyl (C=O) groups is 3. The summed E-state index contributed by atoms with van der Waals surface area (Å²) in [6, 6.07) is 3.06. The van der Waals surface area contributed by atoms with Gasteiger partial charge < -0.3 is 10.4 Å². The SMILES string of the molecule is Cc1cccnc1CNC(=O)NC(=O)CC(C)CC(=O)O. The molecule has 7 heteroatoms. The number of rotatable bonds is 6. The summed E-state index contributed by atoms with van der Waals surface area (Å²) in [4.78, 5) is 37.7. The highest BCUT2D eigenvalue weighted by atomic mass is 16.4. The van der Waals surface area contributed by atoms with Crippen LogP contribution in [-0.4, -0.2) is 28.0 Å². The molecule has 0 fully saturated rings. The summed E-state index contributed by atoms with van der Waals surface area (Å²) in [6.07, 6.45) is 1.51. The Bertz CT molecular complexity index is 531. The summed E-state index contributed by atoms with van der Waals surface area (Å²) in [7, 11) is 0. The zero-order chi connectivity index (χ0) is 15.8. The van der Waals surface area contributed by atoms with E-state index in [-0.39, 0.29) is 25.3 Å². The minimum absolute atomic E-state index is 0.0116. The third kappa shape index (κ3) is 6.51. The number of nitrogens with zero attached hydrogens (tertiary/aromatic N) is 1. The molecule has 1 unspecified atom stereocenters. The van der Waals surface area contributed by atoms with E-state index in [4.69, 9.17) is 5.11 Å². The maximum Gasteiger partial charge on any atom is 0.321 e. The van der Waals surface area contributed by atoms with E-state index in [1.54, 1.807) is 19.2 Å². The van der Waals surface area contributed by atoms with Crippen LogP contribution in [0.4, 0.5) is 4.79 Å². The third-order valence-electron chi connectivity index (χ3n) is 2.84. The van der Waals surface area contributed by atoms with Gasteiger partial charge in [0.15, 0.2) is 0 Å². The Kier molecular flexibility index (Phi) is 6.32. The van der Waals surface area contributed by atoms with Crippen LogP contribution in [0.1, 0.15) is 31.0 Å². The molecule has 114 valence electrons. The molecule has 0 aromatic carbocycles. The smallest absolute Gasteiger partial charge is 0.321 e. The second-order valence-electron chi connectivity index (χ2n) is 4.91. The van der Waals surface area contributed by atoms with Gasteiger partial charge in [0.2, 0.25) is 5.91 Å². The van der Waals surface area contributed by atoms with Gasteiger partial charge in [-0.15, -0.1) is 0 Å². The van der Waals surface area contributed by atoms with Crippen LogP contribution in [0.25, 0.3) is 0 Å². The fourth-order valence-corrected chi connectivity index (χ4v) is 1.78. The molecular weight excluding hydrogens is 274 g/mol. The first-order chi connectivity index (χ1) is 9.88. The van der Waals surface area contributed by atoms with Gasteiger partial charge in [-0.3, -0.25) is 19.9 Å². The Morgan fingerprint density at radius 2 is 2.05 bits per heavy atom. The van der Waals surface area contributed by atoms with E-state index in [0.29, 0.717) is 0 Å². The minimum Gasteiger partial charge on any atom is -0.481 e. The summed E-state index contributed by atoms with van der Waals surface area (Å²) in [5, 5.41) is 13.3. The molecule has 1 aromatic heterocycles. The van der Waals surface area contributed by atoms with E-state index in [2.05, 4.69) is 15.6 Å². The number of hydrogen-bond donors (Lipinski definition) is 3. The fourth-order valence-electron chi connectivity index (χ4n) is 1.78. The fraction of sp³-hybridized carbons (Fsp3) is 0.429. The summed E-state index contributed by atoms with van der Waals surface area (Å²) >= 11 is 0. The lowest BCUT2D eigenvalue weighted by Crippen LogP contribution is -2.39. The van der Waals surface area contributed by atoms with Crippen molar-refractivity contribution >= 4 is 17.9 Å². The number of amides is 3. The van der Waals surface area contributed by atoms with Crippen molar-refractivity contribution in [1.82, 2.24) is 15.6 Å². The molecule has 0 spiro atoms. The molecule has 0 saturated carbocycles. The highest BCUT2D eigenvalue weighted by Gasteiger charge is 2.14. The van der Waals surface area contributed by atoms with Gasteiger partial charge in [0.25, 0.3) is 0 Å². The molecule has 21 heavy (non-hydrogen) atoms. The molecule has 3 N–H and O–H groups in total. The summed E-state index contributed by atoms with van der Waals surface area (Å²) in [6.45, 7) is 3.74. The Labute approximate surface area is 122 Å². The maximum absolute atomic E-state index is 11.6. The zero-order valence-electron chi connectivity index (χ0n) is 12.0. The van der Waals surface area contributed by atoms with E-state index in [0.717, 1.165) is 11.3 Å². The maximum atomic E-state index is 11.6. The van der Waals surface area contributed by atoms with Gasteiger partial charge in [-0.1, -0.05) is 13.0 Å². The Hall–Kier alpha value is -2.44. The molecule has 1 atom stereocenters. The van der Waals surface area contributed by atoms with Crippen LogP contribution in [0.3, 0.4) is 0 Å². The van der Waals surface area contributed by atoms with E-state index in [9.17, 15) is 14.4 Å². The lowest BCUT2D eigenvalue weighted by Gasteiger charge is -2.10. The van der Waals surface area contributed by atoms with E-state index < -0.39 is 17.9 Å². The number of hydrogen-bond acceptors (Lipinski definition) is 4. The van der Waals surface area contributed by atoms with Crippen molar-refractivity contribution in [1.29, 1.82) is 0 Å². The first kappa shape index (κ1) is 16.6. The lowest BCUT2D eigenvalue weighted by molar-refractivity contribution is -0.138. The molecule has 0 saturated heterocycles. The van der Waals surface area contributed by atoms with Crippen molar-refractivity contribution in [3.8, 4) is 0 Å². The van der Waals surface area contributed by atoms with Crippen LogP contribution in [0, 0.1) is 12.8 Å². The van der Waals surface area contributed by atoms with Gasteiger partial charge in [0, 0.05) is 19.0 Å². The van der Waals surface area contributed by atoms with Crippen LogP contribution in [0.15, 0.2) is 18.3 Å². The Morgan fingerprint density at radius 3 is 2.67 bits per heavy atom. The van der Waals surface area contributed by atoms with E-state index in [1.807, 2.05) is 13.0 Å². The third-order valence-corrected chi connectivity index (χ3v) is 2.84. The van der Waals surface area contributed by atoms with Gasteiger partial charge in [-0.2, -0.15) is 0 Å². The van der Waals surface area contributed by atoms with Gasteiger partial charge in [0.1, 0.15) is 0 Å². The molecule has 0 aliphatic heterocycles. The normalized spacial score (nSPS) is 11.5. The summed E-state index contributed by atoms with van der Waals surface area (Å²) < 4.78 is 0. The summed E-state index contributed by atoms with van der Waals surface area (Å²) in [5.74, 6) is -1.79. The lowest BCUT2D eigenvalue weighted by atomic mass is 10.0.